The van der Waals surface area contributed by atoms with Crippen LogP contribution in [0.2, 0.25) is 0 Å². The van der Waals surface area contributed by atoms with E-state index < -0.39 is 0 Å². The normalized spacial score (nSPS) is 25.3. The van der Waals surface area contributed by atoms with E-state index in [4.69, 9.17) is 4.98 Å². The van der Waals surface area contributed by atoms with E-state index in [1.165, 1.54) is 36.4 Å². The van der Waals surface area contributed by atoms with Gasteiger partial charge in [-0.2, -0.15) is 0 Å². The van der Waals surface area contributed by atoms with Gasteiger partial charge < -0.3 is 5.32 Å². The number of rotatable bonds is 3. The molecule has 1 N–H and O–H groups in total. The van der Waals surface area contributed by atoms with Crippen LogP contribution in [0.4, 0.5) is 0 Å². The van der Waals surface area contributed by atoms with Crippen molar-refractivity contribution in [1.82, 2.24) is 10.3 Å². The third-order valence-electron chi connectivity index (χ3n) is 3.80. The van der Waals surface area contributed by atoms with Crippen LogP contribution in [-0.2, 0) is 12.0 Å². The highest BCUT2D eigenvalue weighted by molar-refractivity contribution is 7.09. The zero-order valence-electron chi connectivity index (χ0n) is 12.1. The molecular formula is C15H26N2S. The second-order valence-electron chi connectivity index (χ2n) is 6.73. The molecule has 1 aliphatic carbocycles. The molecule has 0 bridgehead atoms. The van der Waals surface area contributed by atoms with Crippen LogP contribution in [0, 0.1) is 5.92 Å². The van der Waals surface area contributed by atoms with Crippen molar-refractivity contribution in [2.45, 2.75) is 71.4 Å². The topological polar surface area (TPSA) is 24.9 Å². The molecule has 1 aliphatic rings. The van der Waals surface area contributed by atoms with Crippen LogP contribution in [0.1, 0.15) is 64.1 Å². The van der Waals surface area contributed by atoms with Crippen LogP contribution in [0.3, 0.4) is 0 Å². The molecule has 0 spiro atoms. The summed E-state index contributed by atoms with van der Waals surface area (Å²) in [5.41, 5.74) is 1.40. The first-order chi connectivity index (χ1) is 8.45. The molecule has 18 heavy (non-hydrogen) atoms. The molecule has 1 aromatic heterocycles. The van der Waals surface area contributed by atoms with E-state index in [0.29, 0.717) is 6.04 Å². The van der Waals surface area contributed by atoms with E-state index in [1.807, 2.05) is 0 Å². The molecule has 2 atom stereocenters. The second-order valence-corrected chi connectivity index (χ2v) is 7.67. The van der Waals surface area contributed by atoms with Crippen molar-refractivity contribution in [1.29, 1.82) is 0 Å². The van der Waals surface area contributed by atoms with Crippen LogP contribution in [0.5, 0.6) is 0 Å². The molecule has 0 amide bonds. The van der Waals surface area contributed by atoms with Crippen LogP contribution >= 0.6 is 11.3 Å². The van der Waals surface area contributed by atoms with Gasteiger partial charge in [0.15, 0.2) is 0 Å². The fourth-order valence-corrected chi connectivity index (χ4v) is 3.56. The zero-order valence-corrected chi connectivity index (χ0v) is 12.9. The minimum Gasteiger partial charge on any atom is -0.308 e. The van der Waals surface area contributed by atoms with Crippen molar-refractivity contribution in [3.63, 3.8) is 0 Å². The standard InChI is InChI=1S/C15H26N2S/c1-11-6-5-7-12(8-11)16-9-14-17-13(10-18-14)15(2,3)4/h10-12,16H,5-9H2,1-4H3. The van der Waals surface area contributed by atoms with Crippen LogP contribution in [0.15, 0.2) is 5.38 Å². The van der Waals surface area contributed by atoms with Crippen molar-refractivity contribution in [3.8, 4) is 0 Å². The fourth-order valence-electron chi connectivity index (χ4n) is 2.59. The maximum Gasteiger partial charge on any atom is 0.107 e. The summed E-state index contributed by atoms with van der Waals surface area (Å²) in [7, 11) is 0. The Bertz CT molecular complexity index is 378. The SMILES string of the molecule is CC1CCCC(NCc2nc(C(C)(C)C)cs2)C1. The first kappa shape index (κ1) is 14.0. The van der Waals surface area contributed by atoms with Gasteiger partial charge in [-0.3, -0.25) is 0 Å². The van der Waals surface area contributed by atoms with Crippen LogP contribution in [-0.4, -0.2) is 11.0 Å². The van der Waals surface area contributed by atoms with Crippen molar-refractivity contribution in [2.75, 3.05) is 0 Å². The molecule has 1 aromatic rings. The lowest BCUT2D eigenvalue weighted by Gasteiger charge is -2.27. The number of hydrogen-bond donors (Lipinski definition) is 1. The first-order valence-electron chi connectivity index (χ1n) is 7.13. The predicted molar refractivity (Wildman–Crippen MR) is 79.1 cm³/mol. The number of nitrogens with one attached hydrogen (secondary N) is 1. The van der Waals surface area contributed by atoms with Gasteiger partial charge >= 0.3 is 0 Å². The van der Waals surface area contributed by atoms with E-state index in [1.54, 1.807) is 11.3 Å². The van der Waals surface area contributed by atoms with E-state index in [0.717, 1.165) is 12.5 Å². The molecule has 2 rings (SSSR count). The summed E-state index contributed by atoms with van der Waals surface area (Å²) < 4.78 is 0. The Hall–Kier alpha value is -0.410. The Morgan fingerprint density at radius 3 is 2.78 bits per heavy atom. The van der Waals surface area contributed by atoms with E-state index in [-0.39, 0.29) is 5.41 Å². The highest BCUT2D eigenvalue weighted by Crippen LogP contribution is 2.25. The van der Waals surface area contributed by atoms with Crippen LogP contribution in [0.25, 0.3) is 0 Å². The average Bonchev–Trinajstić information content (AvgIpc) is 2.74. The largest absolute Gasteiger partial charge is 0.308 e. The molecule has 2 unspecified atom stereocenters. The smallest absolute Gasteiger partial charge is 0.107 e. The Labute approximate surface area is 115 Å². The quantitative estimate of drug-likeness (QED) is 0.890. The van der Waals surface area contributed by atoms with Gasteiger partial charge in [0.25, 0.3) is 0 Å². The van der Waals surface area contributed by atoms with Gasteiger partial charge in [0, 0.05) is 23.4 Å². The molecule has 1 fully saturated rings. The van der Waals surface area contributed by atoms with Crippen molar-refractivity contribution >= 4 is 11.3 Å². The van der Waals surface area contributed by atoms with Gasteiger partial charge in [0.05, 0.1) is 5.69 Å². The second kappa shape index (κ2) is 5.70. The van der Waals surface area contributed by atoms with E-state index in [2.05, 4.69) is 38.4 Å². The Kier molecular flexibility index (Phi) is 4.44. The molecule has 0 saturated heterocycles. The summed E-state index contributed by atoms with van der Waals surface area (Å²) in [6.45, 7) is 9.99. The van der Waals surface area contributed by atoms with Crippen molar-refractivity contribution < 1.29 is 0 Å². The van der Waals surface area contributed by atoms with Crippen LogP contribution < -0.4 is 5.32 Å². The highest BCUT2D eigenvalue weighted by Gasteiger charge is 2.20. The molecule has 0 radical (unpaired) electrons. The third-order valence-corrected chi connectivity index (χ3v) is 4.65. The van der Waals surface area contributed by atoms with E-state index >= 15 is 0 Å². The Balaban J connectivity index is 1.85. The Morgan fingerprint density at radius 1 is 1.39 bits per heavy atom. The average molecular weight is 266 g/mol. The van der Waals surface area contributed by atoms with E-state index in [9.17, 15) is 0 Å². The third kappa shape index (κ3) is 3.79. The lowest BCUT2D eigenvalue weighted by molar-refractivity contribution is 0.300. The molecule has 0 aromatic carbocycles. The summed E-state index contributed by atoms with van der Waals surface area (Å²) in [5.74, 6) is 0.887. The maximum absolute atomic E-state index is 4.74. The maximum atomic E-state index is 4.74. The molecule has 0 aliphatic heterocycles. The van der Waals surface area contributed by atoms with Gasteiger partial charge in [0.2, 0.25) is 0 Å². The van der Waals surface area contributed by atoms with Gasteiger partial charge in [-0.05, 0) is 18.8 Å². The minimum absolute atomic E-state index is 0.175. The molecule has 1 saturated carbocycles. The van der Waals surface area contributed by atoms with Gasteiger partial charge in [-0.1, -0.05) is 40.5 Å². The van der Waals surface area contributed by atoms with Crippen molar-refractivity contribution in [3.05, 3.63) is 16.1 Å². The molecular weight excluding hydrogens is 240 g/mol. The summed E-state index contributed by atoms with van der Waals surface area (Å²) in [5, 5.41) is 7.12. The van der Waals surface area contributed by atoms with Gasteiger partial charge in [-0.15, -0.1) is 11.3 Å². The zero-order chi connectivity index (χ0) is 13.2. The van der Waals surface area contributed by atoms with Crippen molar-refractivity contribution in [2.24, 2.45) is 5.92 Å². The minimum atomic E-state index is 0.175. The molecule has 3 heteroatoms. The summed E-state index contributed by atoms with van der Waals surface area (Å²) in [4.78, 5) is 4.74. The van der Waals surface area contributed by atoms with Gasteiger partial charge in [0.1, 0.15) is 5.01 Å². The monoisotopic (exact) mass is 266 g/mol. The molecule has 1 heterocycles. The highest BCUT2D eigenvalue weighted by atomic mass is 32.1. The number of nitrogens with zero attached hydrogens (tertiary/aromatic N) is 1. The first-order valence-corrected chi connectivity index (χ1v) is 8.01. The summed E-state index contributed by atoms with van der Waals surface area (Å²) in [6, 6.07) is 0.704. The summed E-state index contributed by atoms with van der Waals surface area (Å²) >= 11 is 1.79. The molecule has 2 nitrogen and oxygen atoms in total. The lowest BCUT2D eigenvalue weighted by atomic mass is 9.87. The fraction of sp³-hybridized carbons (Fsp3) is 0.800. The number of hydrogen-bond acceptors (Lipinski definition) is 3. The lowest BCUT2D eigenvalue weighted by Crippen LogP contribution is -2.33. The summed E-state index contributed by atoms with van der Waals surface area (Å²) in [6.07, 6.45) is 5.45. The predicted octanol–water partition coefficient (Wildman–Crippen LogP) is 4.11. The Morgan fingerprint density at radius 2 is 2.17 bits per heavy atom. The number of thiazole rings is 1. The van der Waals surface area contributed by atoms with Gasteiger partial charge in [-0.25, -0.2) is 4.98 Å². The number of aromatic nitrogens is 1. The molecule has 102 valence electrons.